The molecule has 0 bridgehead atoms. The number of hydrogen-bond acceptors (Lipinski definition) is 3. The number of hydrogen-bond donors (Lipinski definition) is 1. The molecule has 1 heterocycles. The van der Waals surface area contributed by atoms with Gasteiger partial charge in [0, 0.05) is 31.8 Å². The van der Waals surface area contributed by atoms with E-state index >= 15 is 0 Å². The molecule has 92 valence electrons. The van der Waals surface area contributed by atoms with Gasteiger partial charge in [0.25, 0.3) is 5.91 Å². The van der Waals surface area contributed by atoms with E-state index in [9.17, 15) is 9.59 Å². The third-order valence-electron chi connectivity index (χ3n) is 2.20. The Morgan fingerprint density at radius 1 is 1.53 bits per heavy atom. The molecule has 0 aliphatic rings. The van der Waals surface area contributed by atoms with Gasteiger partial charge in [-0.05, 0) is 34.5 Å². The minimum Gasteiger partial charge on any atom is -0.481 e. The lowest BCUT2D eigenvalue weighted by Crippen LogP contribution is -2.28. The summed E-state index contributed by atoms with van der Waals surface area (Å²) >= 11 is 3.19. The van der Waals surface area contributed by atoms with E-state index in [4.69, 9.17) is 5.11 Å². The Morgan fingerprint density at radius 2 is 2.24 bits per heavy atom. The van der Waals surface area contributed by atoms with Gasteiger partial charge in [0.15, 0.2) is 0 Å². The molecule has 0 aliphatic carbocycles. The SMILES string of the molecule is CN(CCCC(=O)O)C(=O)c1ccnc(Br)c1. The highest BCUT2D eigenvalue weighted by atomic mass is 79.9. The third kappa shape index (κ3) is 4.52. The molecule has 1 aromatic heterocycles. The van der Waals surface area contributed by atoms with Crippen LogP contribution in [0, 0.1) is 0 Å². The van der Waals surface area contributed by atoms with Gasteiger partial charge in [0.05, 0.1) is 0 Å². The molecule has 1 aromatic rings. The zero-order valence-electron chi connectivity index (χ0n) is 9.39. The first-order chi connectivity index (χ1) is 8.00. The first kappa shape index (κ1) is 13.6. The van der Waals surface area contributed by atoms with E-state index in [1.165, 1.54) is 4.90 Å². The number of rotatable bonds is 5. The molecule has 0 atom stereocenters. The first-order valence-electron chi connectivity index (χ1n) is 5.09. The highest BCUT2D eigenvalue weighted by Crippen LogP contribution is 2.10. The van der Waals surface area contributed by atoms with Crippen molar-refractivity contribution in [2.24, 2.45) is 0 Å². The normalized spacial score (nSPS) is 10.0. The molecule has 0 aliphatic heterocycles. The molecule has 17 heavy (non-hydrogen) atoms. The van der Waals surface area contributed by atoms with Crippen molar-refractivity contribution in [2.45, 2.75) is 12.8 Å². The summed E-state index contributed by atoms with van der Waals surface area (Å²) in [6.45, 7) is 0.422. The topological polar surface area (TPSA) is 70.5 Å². The van der Waals surface area contributed by atoms with Gasteiger partial charge < -0.3 is 10.0 Å². The number of amides is 1. The minimum atomic E-state index is -0.850. The molecule has 0 saturated carbocycles. The van der Waals surface area contributed by atoms with Crippen LogP contribution in [0.4, 0.5) is 0 Å². The Morgan fingerprint density at radius 3 is 2.82 bits per heavy atom. The lowest BCUT2D eigenvalue weighted by Gasteiger charge is -2.16. The monoisotopic (exact) mass is 300 g/mol. The maximum absolute atomic E-state index is 11.9. The van der Waals surface area contributed by atoms with E-state index < -0.39 is 5.97 Å². The second-order valence-corrected chi connectivity index (χ2v) is 4.40. The second kappa shape index (κ2) is 6.34. The Bertz CT molecular complexity index is 423. The quantitative estimate of drug-likeness (QED) is 0.842. The molecular formula is C11H13BrN2O3. The number of aromatic nitrogens is 1. The number of aliphatic carboxylic acids is 1. The van der Waals surface area contributed by atoms with Crippen molar-refractivity contribution in [1.82, 2.24) is 9.88 Å². The maximum Gasteiger partial charge on any atom is 0.303 e. The van der Waals surface area contributed by atoms with Crippen LogP contribution in [-0.4, -0.2) is 40.5 Å². The lowest BCUT2D eigenvalue weighted by atomic mass is 10.2. The van der Waals surface area contributed by atoms with Crippen molar-refractivity contribution in [3.63, 3.8) is 0 Å². The van der Waals surface area contributed by atoms with Crippen molar-refractivity contribution in [3.8, 4) is 0 Å². The average Bonchev–Trinajstić information content (AvgIpc) is 2.27. The fourth-order valence-corrected chi connectivity index (χ4v) is 1.69. The van der Waals surface area contributed by atoms with Crippen molar-refractivity contribution in [3.05, 3.63) is 28.5 Å². The molecule has 0 fully saturated rings. The smallest absolute Gasteiger partial charge is 0.303 e. The zero-order valence-corrected chi connectivity index (χ0v) is 11.0. The van der Waals surface area contributed by atoms with Gasteiger partial charge in [-0.1, -0.05) is 0 Å². The van der Waals surface area contributed by atoms with Crippen LogP contribution in [-0.2, 0) is 4.79 Å². The standard InChI is InChI=1S/C11H13BrN2O3/c1-14(6-2-3-10(15)16)11(17)8-4-5-13-9(12)7-8/h4-5,7H,2-3,6H2,1H3,(H,15,16). The van der Waals surface area contributed by atoms with Gasteiger partial charge in [-0.15, -0.1) is 0 Å². The molecule has 0 unspecified atom stereocenters. The van der Waals surface area contributed by atoms with E-state index in [1.807, 2.05) is 0 Å². The summed E-state index contributed by atoms with van der Waals surface area (Å²) in [5.74, 6) is -0.990. The van der Waals surface area contributed by atoms with Crippen molar-refractivity contribution in [2.75, 3.05) is 13.6 Å². The Balaban J connectivity index is 2.54. The highest BCUT2D eigenvalue weighted by molar-refractivity contribution is 9.10. The second-order valence-electron chi connectivity index (χ2n) is 3.59. The van der Waals surface area contributed by atoms with Gasteiger partial charge in [-0.3, -0.25) is 9.59 Å². The minimum absolute atomic E-state index is 0.0671. The van der Waals surface area contributed by atoms with Crippen LogP contribution in [0.1, 0.15) is 23.2 Å². The summed E-state index contributed by atoms with van der Waals surface area (Å²) in [5.41, 5.74) is 0.532. The Kier molecular flexibility index (Phi) is 5.09. The molecule has 6 heteroatoms. The number of pyridine rings is 1. The van der Waals surface area contributed by atoms with Crippen LogP contribution in [0.25, 0.3) is 0 Å². The number of halogens is 1. The number of carboxylic acids is 1. The van der Waals surface area contributed by atoms with Crippen LogP contribution in [0.15, 0.2) is 22.9 Å². The summed E-state index contributed by atoms with van der Waals surface area (Å²) in [4.78, 5) is 27.7. The Hall–Kier alpha value is -1.43. The molecule has 5 nitrogen and oxygen atoms in total. The largest absolute Gasteiger partial charge is 0.481 e. The fourth-order valence-electron chi connectivity index (χ4n) is 1.32. The highest BCUT2D eigenvalue weighted by Gasteiger charge is 2.12. The molecule has 0 radical (unpaired) electrons. The van der Waals surface area contributed by atoms with Crippen molar-refractivity contribution < 1.29 is 14.7 Å². The van der Waals surface area contributed by atoms with Crippen LogP contribution in [0.5, 0.6) is 0 Å². The lowest BCUT2D eigenvalue weighted by molar-refractivity contribution is -0.137. The first-order valence-corrected chi connectivity index (χ1v) is 5.89. The summed E-state index contributed by atoms with van der Waals surface area (Å²) < 4.78 is 0.599. The number of nitrogens with zero attached hydrogens (tertiary/aromatic N) is 2. The maximum atomic E-state index is 11.9. The predicted octanol–water partition coefficient (Wildman–Crippen LogP) is 1.78. The number of carbonyl (C=O) groups is 2. The van der Waals surface area contributed by atoms with E-state index in [0.717, 1.165) is 0 Å². The number of carbonyl (C=O) groups excluding carboxylic acids is 1. The van der Waals surface area contributed by atoms with Crippen LogP contribution < -0.4 is 0 Å². The van der Waals surface area contributed by atoms with E-state index in [2.05, 4.69) is 20.9 Å². The van der Waals surface area contributed by atoms with E-state index in [1.54, 1.807) is 25.4 Å². The molecular weight excluding hydrogens is 288 g/mol. The zero-order chi connectivity index (χ0) is 12.8. The predicted molar refractivity (Wildman–Crippen MR) is 65.8 cm³/mol. The summed E-state index contributed by atoms with van der Waals surface area (Å²) in [6.07, 6.45) is 2.06. The third-order valence-corrected chi connectivity index (χ3v) is 2.64. The van der Waals surface area contributed by atoms with Crippen LogP contribution in [0.2, 0.25) is 0 Å². The van der Waals surface area contributed by atoms with E-state index in [0.29, 0.717) is 23.1 Å². The van der Waals surface area contributed by atoms with Gasteiger partial charge >= 0.3 is 5.97 Å². The van der Waals surface area contributed by atoms with Gasteiger partial charge in [-0.2, -0.15) is 0 Å². The molecule has 0 saturated heterocycles. The fraction of sp³-hybridized carbons (Fsp3) is 0.364. The Labute approximate surface area is 108 Å². The molecule has 1 amide bonds. The summed E-state index contributed by atoms with van der Waals surface area (Å²) in [5, 5.41) is 8.50. The molecule has 0 spiro atoms. The molecule has 0 aromatic carbocycles. The van der Waals surface area contributed by atoms with Crippen LogP contribution in [0.3, 0.4) is 0 Å². The van der Waals surface area contributed by atoms with E-state index in [-0.39, 0.29) is 12.3 Å². The summed E-state index contributed by atoms with van der Waals surface area (Å²) in [6, 6.07) is 3.26. The van der Waals surface area contributed by atoms with Crippen LogP contribution >= 0.6 is 15.9 Å². The average molecular weight is 301 g/mol. The molecule has 1 N–H and O–H groups in total. The van der Waals surface area contributed by atoms with Gasteiger partial charge in [0.1, 0.15) is 4.60 Å². The summed E-state index contributed by atoms with van der Waals surface area (Å²) in [7, 11) is 1.65. The van der Waals surface area contributed by atoms with Gasteiger partial charge in [0.2, 0.25) is 0 Å². The van der Waals surface area contributed by atoms with Crippen molar-refractivity contribution >= 4 is 27.8 Å². The van der Waals surface area contributed by atoms with Crippen molar-refractivity contribution in [1.29, 1.82) is 0 Å². The number of carboxylic acid groups (broad SMARTS) is 1. The van der Waals surface area contributed by atoms with Gasteiger partial charge in [-0.25, -0.2) is 4.98 Å². The molecule has 1 rings (SSSR count).